The highest BCUT2D eigenvalue weighted by molar-refractivity contribution is 5.86. The van der Waals surface area contributed by atoms with Crippen LogP contribution >= 0.6 is 0 Å². The maximum absolute atomic E-state index is 12.5. The number of carbonyl (C=O) groups is 2. The lowest BCUT2D eigenvalue weighted by Crippen LogP contribution is -2.36. The van der Waals surface area contributed by atoms with E-state index in [4.69, 9.17) is 4.52 Å². The zero-order valence-corrected chi connectivity index (χ0v) is 18.7. The third-order valence-corrected chi connectivity index (χ3v) is 5.61. The fourth-order valence-electron chi connectivity index (χ4n) is 3.63. The molecule has 33 heavy (non-hydrogen) atoms. The van der Waals surface area contributed by atoms with Crippen LogP contribution in [0.15, 0.2) is 80.7 Å². The van der Waals surface area contributed by atoms with Gasteiger partial charge in [0, 0.05) is 45.1 Å². The van der Waals surface area contributed by atoms with Crippen LogP contribution in [0.25, 0.3) is 11.4 Å². The van der Waals surface area contributed by atoms with Gasteiger partial charge in [0.15, 0.2) is 0 Å². The number of hydrogen-bond donors (Lipinski definition) is 0. The molecule has 2 aromatic rings. The van der Waals surface area contributed by atoms with Crippen LogP contribution in [0.5, 0.6) is 0 Å². The van der Waals surface area contributed by atoms with Crippen molar-refractivity contribution < 1.29 is 14.1 Å². The molecule has 2 heterocycles. The number of allylic oxidation sites excluding steroid dienone is 3. The third-order valence-electron chi connectivity index (χ3n) is 5.61. The Morgan fingerprint density at radius 3 is 2.73 bits per heavy atom. The Kier molecular flexibility index (Phi) is 6.99. The number of amides is 2. The third kappa shape index (κ3) is 5.56. The highest BCUT2D eigenvalue weighted by Crippen LogP contribution is 2.28. The van der Waals surface area contributed by atoms with Crippen LogP contribution < -0.4 is 0 Å². The molecule has 9 heteroatoms. The van der Waals surface area contributed by atoms with Crippen molar-refractivity contribution in [1.29, 1.82) is 0 Å². The van der Waals surface area contributed by atoms with Gasteiger partial charge in [0.05, 0.1) is 11.6 Å². The first-order chi connectivity index (χ1) is 16.0. The number of azo groups is 1. The van der Waals surface area contributed by atoms with Gasteiger partial charge in [-0.2, -0.15) is 10.1 Å². The molecule has 9 nitrogen and oxygen atoms in total. The van der Waals surface area contributed by atoms with Gasteiger partial charge in [0.2, 0.25) is 17.6 Å². The second kappa shape index (κ2) is 10.3. The summed E-state index contributed by atoms with van der Waals surface area (Å²) in [5, 5.41) is 11.9. The maximum atomic E-state index is 12.5. The van der Waals surface area contributed by atoms with Gasteiger partial charge < -0.3 is 9.42 Å². The van der Waals surface area contributed by atoms with E-state index in [1.54, 1.807) is 11.9 Å². The highest BCUT2D eigenvalue weighted by Gasteiger charge is 2.27. The average molecular weight is 447 g/mol. The first-order valence-electron chi connectivity index (χ1n) is 10.9. The molecule has 0 N–H and O–H groups in total. The second-order valence-corrected chi connectivity index (χ2v) is 8.09. The molecule has 0 bridgehead atoms. The van der Waals surface area contributed by atoms with Crippen LogP contribution in [0.1, 0.15) is 12.3 Å². The number of carbonyl (C=O) groups excluding carboxylic acids is 2. The molecular formula is C24H26N6O3. The van der Waals surface area contributed by atoms with Crippen LogP contribution in [0.4, 0.5) is 0 Å². The van der Waals surface area contributed by atoms with Crippen LogP contribution in [0.3, 0.4) is 0 Å². The Morgan fingerprint density at radius 1 is 1.09 bits per heavy atom. The van der Waals surface area contributed by atoms with Crippen molar-refractivity contribution in [2.24, 2.45) is 16.1 Å². The molecule has 0 radical (unpaired) electrons. The summed E-state index contributed by atoms with van der Waals surface area (Å²) in [5.41, 5.74) is 2.55. The Bertz CT molecular complexity index is 1130. The molecule has 0 saturated carbocycles. The summed E-state index contributed by atoms with van der Waals surface area (Å²) in [5.74, 6) is 0.401. The maximum Gasteiger partial charge on any atom is 0.275 e. The van der Waals surface area contributed by atoms with Gasteiger partial charge in [0.1, 0.15) is 0 Å². The fraction of sp³-hybridized carbons (Fsp3) is 0.333. The number of nitrogens with zero attached hydrogens (tertiary/aromatic N) is 6. The molecule has 4 rings (SSSR count). The minimum Gasteiger partial charge on any atom is -0.344 e. The molecule has 0 fully saturated rings. The number of benzene rings is 1. The lowest BCUT2D eigenvalue weighted by molar-refractivity contribution is -0.130. The van der Waals surface area contributed by atoms with E-state index in [2.05, 4.69) is 25.3 Å². The zero-order valence-electron chi connectivity index (χ0n) is 18.7. The van der Waals surface area contributed by atoms with E-state index in [-0.39, 0.29) is 17.7 Å². The van der Waals surface area contributed by atoms with E-state index in [1.807, 2.05) is 61.7 Å². The first-order valence-corrected chi connectivity index (χ1v) is 10.9. The lowest BCUT2D eigenvalue weighted by Gasteiger charge is -2.25. The molecular weight excluding hydrogens is 420 g/mol. The molecule has 2 aliphatic rings. The van der Waals surface area contributed by atoms with Crippen molar-refractivity contribution in [2.75, 3.05) is 33.7 Å². The van der Waals surface area contributed by atoms with Crippen molar-refractivity contribution in [1.82, 2.24) is 19.9 Å². The number of hydrogen-bond acceptors (Lipinski definition) is 7. The van der Waals surface area contributed by atoms with Gasteiger partial charge >= 0.3 is 0 Å². The van der Waals surface area contributed by atoms with E-state index in [1.165, 1.54) is 0 Å². The van der Waals surface area contributed by atoms with Gasteiger partial charge in [-0.1, -0.05) is 59.8 Å². The van der Waals surface area contributed by atoms with Crippen molar-refractivity contribution in [3.8, 4) is 11.4 Å². The summed E-state index contributed by atoms with van der Waals surface area (Å²) in [6, 6.07) is 9.57. The van der Waals surface area contributed by atoms with Gasteiger partial charge in [-0.15, -0.1) is 5.11 Å². The Labute approximate surface area is 192 Å². The first kappa shape index (κ1) is 22.5. The zero-order chi connectivity index (χ0) is 23.2. The predicted molar refractivity (Wildman–Crippen MR) is 122 cm³/mol. The molecule has 170 valence electrons. The van der Waals surface area contributed by atoms with E-state index < -0.39 is 0 Å². The molecule has 1 aromatic carbocycles. The van der Waals surface area contributed by atoms with E-state index in [0.29, 0.717) is 44.2 Å². The topological polar surface area (TPSA) is 104 Å². The number of aromatic nitrogens is 2. The van der Waals surface area contributed by atoms with Gasteiger partial charge in [-0.3, -0.25) is 14.5 Å². The molecule has 2 amide bonds. The number of fused-ring (bicyclic) bond motifs is 1. The largest absolute Gasteiger partial charge is 0.344 e. The highest BCUT2D eigenvalue weighted by atomic mass is 16.5. The molecule has 1 unspecified atom stereocenters. The Morgan fingerprint density at radius 2 is 1.91 bits per heavy atom. The van der Waals surface area contributed by atoms with Crippen LogP contribution in [-0.4, -0.2) is 65.5 Å². The molecule has 0 saturated heterocycles. The summed E-state index contributed by atoms with van der Waals surface area (Å²) in [4.78, 5) is 32.6. The van der Waals surface area contributed by atoms with Gasteiger partial charge in [-0.25, -0.2) is 0 Å². The van der Waals surface area contributed by atoms with Crippen LogP contribution in [0, 0.1) is 5.92 Å². The van der Waals surface area contributed by atoms with Crippen molar-refractivity contribution in [2.45, 2.75) is 12.8 Å². The van der Waals surface area contributed by atoms with Crippen molar-refractivity contribution >= 4 is 11.8 Å². The molecule has 1 aliphatic heterocycles. The lowest BCUT2D eigenvalue weighted by atomic mass is 9.91. The molecule has 1 aliphatic carbocycles. The Balaban J connectivity index is 1.24. The SMILES string of the molecule is CN(CCN(C)C(=O)CCc1nc(-c2ccccc2)no1)CC1=C2C=CC=CC2C(=O)N=N1. The van der Waals surface area contributed by atoms with Gasteiger partial charge in [-0.05, 0) is 12.6 Å². The second-order valence-electron chi connectivity index (χ2n) is 8.09. The monoisotopic (exact) mass is 446 g/mol. The van der Waals surface area contributed by atoms with Crippen LogP contribution in [-0.2, 0) is 16.0 Å². The number of rotatable bonds is 9. The van der Waals surface area contributed by atoms with Crippen LogP contribution in [0.2, 0.25) is 0 Å². The summed E-state index contributed by atoms with van der Waals surface area (Å²) < 4.78 is 5.28. The van der Waals surface area contributed by atoms with Gasteiger partial charge in [0.25, 0.3) is 5.91 Å². The smallest absolute Gasteiger partial charge is 0.275 e. The molecule has 1 atom stereocenters. The number of aryl methyl sites for hydroxylation is 1. The van der Waals surface area contributed by atoms with Crippen molar-refractivity contribution in [3.63, 3.8) is 0 Å². The van der Waals surface area contributed by atoms with E-state index in [9.17, 15) is 9.59 Å². The minimum absolute atomic E-state index is 0.00764. The fourth-order valence-corrected chi connectivity index (χ4v) is 3.63. The predicted octanol–water partition coefficient (Wildman–Crippen LogP) is 3.05. The van der Waals surface area contributed by atoms with E-state index >= 15 is 0 Å². The molecule has 1 aromatic heterocycles. The van der Waals surface area contributed by atoms with E-state index in [0.717, 1.165) is 16.8 Å². The summed E-state index contributed by atoms with van der Waals surface area (Å²) in [6.45, 7) is 1.77. The Hall–Kier alpha value is -3.72. The minimum atomic E-state index is -0.341. The van der Waals surface area contributed by atoms with Crippen molar-refractivity contribution in [3.05, 3.63) is 71.8 Å². The quantitative estimate of drug-likeness (QED) is 0.586. The normalized spacial score (nSPS) is 17.1. The molecule has 0 spiro atoms. The average Bonchev–Trinajstić information content (AvgIpc) is 3.32. The summed E-state index contributed by atoms with van der Waals surface area (Å²) in [7, 11) is 3.74. The standard InChI is InChI=1S/C24H26N6O3/c1-29(16-20-18-10-6-7-11-19(18)24(32)27-26-20)14-15-30(2)22(31)13-12-21-25-23(28-33-21)17-8-4-3-5-9-17/h3-11,19H,12-16H2,1-2H3. The number of likely N-dealkylation sites (N-methyl/N-ethyl adjacent to an activating group) is 2. The summed E-state index contributed by atoms with van der Waals surface area (Å²) >= 11 is 0. The summed E-state index contributed by atoms with van der Waals surface area (Å²) in [6.07, 6.45) is 8.20.